The summed E-state index contributed by atoms with van der Waals surface area (Å²) in [5, 5.41) is 11.2. The lowest BCUT2D eigenvalue weighted by molar-refractivity contribution is -0.137. The average molecular weight is 511 g/mol. The summed E-state index contributed by atoms with van der Waals surface area (Å²) in [6, 6.07) is 16.4. The van der Waals surface area contributed by atoms with Gasteiger partial charge in [-0.05, 0) is 73.2 Å². The van der Waals surface area contributed by atoms with E-state index in [1.807, 2.05) is 25.9 Å². The fourth-order valence-electron chi connectivity index (χ4n) is 4.21. The molecule has 0 aromatic heterocycles. The first kappa shape index (κ1) is 25.8. The number of aliphatic hydroxyl groups excluding tert-OH is 1. The van der Waals surface area contributed by atoms with Crippen molar-refractivity contribution in [3.05, 3.63) is 95.1 Å². The van der Waals surface area contributed by atoms with Crippen molar-refractivity contribution in [2.24, 2.45) is 0 Å². The molecule has 0 spiro atoms. The summed E-state index contributed by atoms with van der Waals surface area (Å²) >= 11 is 0. The van der Waals surface area contributed by atoms with E-state index in [4.69, 9.17) is 4.74 Å². The van der Waals surface area contributed by atoms with E-state index in [2.05, 4.69) is 0 Å². The van der Waals surface area contributed by atoms with Gasteiger partial charge in [-0.2, -0.15) is 13.2 Å². The van der Waals surface area contributed by atoms with Gasteiger partial charge in [0.15, 0.2) is 0 Å². The summed E-state index contributed by atoms with van der Waals surface area (Å²) in [7, 11) is 3.71. The molecule has 6 nitrogen and oxygen atoms in total. The van der Waals surface area contributed by atoms with Gasteiger partial charge in [0.05, 0.1) is 23.8 Å². The number of hydrogen-bond donors (Lipinski definition) is 1. The molecule has 1 aliphatic heterocycles. The first-order valence-electron chi connectivity index (χ1n) is 11.5. The molecule has 0 aliphatic carbocycles. The number of halogens is 3. The highest BCUT2D eigenvalue weighted by Gasteiger charge is 2.47. The van der Waals surface area contributed by atoms with Crippen LogP contribution in [0.2, 0.25) is 0 Å². The minimum absolute atomic E-state index is 0.0996. The summed E-state index contributed by atoms with van der Waals surface area (Å²) < 4.78 is 44.8. The maximum Gasteiger partial charge on any atom is 0.416 e. The van der Waals surface area contributed by atoms with Crippen molar-refractivity contribution in [2.45, 2.75) is 19.1 Å². The third-order valence-electron chi connectivity index (χ3n) is 6.08. The number of benzene rings is 3. The van der Waals surface area contributed by atoms with Gasteiger partial charge in [-0.1, -0.05) is 12.1 Å². The molecule has 0 saturated carbocycles. The lowest BCUT2D eigenvalue weighted by atomic mass is 9.94. The number of nitrogens with zero attached hydrogens (tertiary/aromatic N) is 2. The van der Waals surface area contributed by atoms with Crippen molar-refractivity contribution >= 4 is 28.8 Å². The number of alkyl halides is 3. The summed E-state index contributed by atoms with van der Waals surface area (Å²) in [6.45, 7) is 2.28. The quantitative estimate of drug-likeness (QED) is 0.258. The Hall–Kier alpha value is -4.27. The predicted octanol–water partition coefficient (Wildman–Crippen LogP) is 5.80. The molecule has 3 aromatic rings. The Morgan fingerprint density at radius 3 is 2.05 bits per heavy atom. The van der Waals surface area contributed by atoms with Gasteiger partial charge in [0.1, 0.15) is 11.5 Å². The molecular weight excluding hydrogens is 485 g/mol. The minimum Gasteiger partial charge on any atom is -0.507 e. The third kappa shape index (κ3) is 5.02. The number of aliphatic hydroxyl groups is 1. The summed E-state index contributed by atoms with van der Waals surface area (Å²) in [5.41, 5.74) is 0.728. The molecule has 37 heavy (non-hydrogen) atoms. The fraction of sp³-hybridized carbons (Fsp3) is 0.214. The average Bonchev–Trinajstić information content (AvgIpc) is 3.14. The lowest BCUT2D eigenvalue weighted by Gasteiger charge is -2.26. The molecule has 1 aliphatic rings. The van der Waals surface area contributed by atoms with Gasteiger partial charge in [0.25, 0.3) is 11.7 Å². The number of anilines is 2. The van der Waals surface area contributed by atoms with Gasteiger partial charge < -0.3 is 14.7 Å². The summed E-state index contributed by atoms with van der Waals surface area (Å²) in [6.07, 6.45) is -4.55. The first-order chi connectivity index (χ1) is 17.5. The van der Waals surface area contributed by atoms with E-state index in [9.17, 15) is 27.9 Å². The fourth-order valence-corrected chi connectivity index (χ4v) is 4.21. The number of ether oxygens (including phenoxy) is 1. The van der Waals surface area contributed by atoms with Crippen LogP contribution in [0.5, 0.6) is 5.75 Å². The van der Waals surface area contributed by atoms with Gasteiger partial charge in [-0.25, -0.2) is 0 Å². The molecular formula is C28H25F3N2O4. The molecule has 0 radical (unpaired) electrons. The van der Waals surface area contributed by atoms with Crippen molar-refractivity contribution in [3.8, 4) is 5.75 Å². The van der Waals surface area contributed by atoms with Gasteiger partial charge in [-0.3, -0.25) is 14.5 Å². The van der Waals surface area contributed by atoms with E-state index in [-0.39, 0.29) is 11.3 Å². The second kappa shape index (κ2) is 10.0. The molecule has 4 rings (SSSR count). The summed E-state index contributed by atoms with van der Waals surface area (Å²) in [4.78, 5) is 29.4. The third-order valence-corrected chi connectivity index (χ3v) is 6.08. The van der Waals surface area contributed by atoms with Crippen molar-refractivity contribution in [3.63, 3.8) is 0 Å². The van der Waals surface area contributed by atoms with Crippen LogP contribution < -0.4 is 14.5 Å². The zero-order valence-electron chi connectivity index (χ0n) is 20.4. The zero-order valence-corrected chi connectivity index (χ0v) is 20.4. The first-order valence-corrected chi connectivity index (χ1v) is 11.5. The van der Waals surface area contributed by atoms with Crippen molar-refractivity contribution in [1.29, 1.82) is 0 Å². The van der Waals surface area contributed by atoms with Crippen LogP contribution in [-0.2, 0) is 15.8 Å². The Labute approximate surface area is 212 Å². The van der Waals surface area contributed by atoms with Crippen LogP contribution in [0.15, 0.2) is 78.4 Å². The molecule has 1 saturated heterocycles. The van der Waals surface area contributed by atoms with E-state index >= 15 is 0 Å². The zero-order chi connectivity index (χ0) is 26.9. The number of carbonyl (C=O) groups is 2. The van der Waals surface area contributed by atoms with Crippen molar-refractivity contribution in [1.82, 2.24) is 0 Å². The highest BCUT2D eigenvalue weighted by molar-refractivity contribution is 6.51. The molecule has 1 unspecified atom stereocenters. The van der Waals surface area contributed by atoms with E-state index < -0.39 is 35.2 Å². The topological polar surface area (TPSA) is 70.1 Å². The molecule has 1 fully saturated rings. The number of amides is 1. The smallest absolute Gasteiger partial charge is 0.416 e. The highest BCUT2D eigenvalue weighted by atomic mass is 19.4. The van der Waals surface area contributed by atoms with E-state index in [0.717, 1.165) is 34.9 Å². The van der Waals surface area contributed by atoms with Gasteiger partial charge in [0, 0.05) is 31.0 Å². The molecule has 1 heterocycles. The normalized spacial score (nSPS) is 17.2. The van der Waals surface area contributed by atoms with Gasteiger partial charge in [0.2, 0.25) is 0 Å². The Morgan fingerprint density at radius 1 is 0.946 bits per heavy atom. The van der Waals surface area contributed by atoms with Crippen LogP contribution in [-0.4, -0.2) is 37.5 Å². The monoisotopic (exact) mass is 510 g/mol. The van der Waals surface area contributed by atoms with Gasteiger partial charge in [-0.15, -0.1) is 0 Å². The van der Waals surface area contributed by atoms with Crippen LogP contribution >= 0.6 is 0 Å². The van der Waals surface area contributed by atoms with E-state index in [1.165, 1.54) is 0 Å². The number of Topliss-reactive ketones (excluding diaryl/α,β-unsaturated/α-hetero) is 1. The maximum atomic E-state index is 13.2. The van der Waals surface area contributed by atoms with Crippen LogP contribution in [0.4, 0.5) is 24.5 Å². The van der Waals surface area contributed by atoms with Gasteiger partial charge >= 0.3 is 6.18 Å². The number of rotatable bonds is 6. The largest absolute Gasteiger partial charge is 0.507 e. The molecule has 3 aromatic carbocycles. The Kier molecular flexibility index (Phi) is 6.98. The molecule has 9 heteroatoms. The SMILES string of the molecule is CCOc1ccc(/C(O)=C2\C(=O)C(=O)N(c3ccc(C(F)(F)F)cc3)C2c2ccc(N(C)C)cc2)cc1. The molecule has 1 atom stereocenters. The van der Waals surface area contributed by atoms with Crippen LogP contribution in [0.25, 0.3) is 5.76 Å². The Morgan fingerprint density at radius 2 is 1.54 bits per heavy atom. The minimum atomic E-state index is -4.55. The van der Waals surface area contributed by atoms with Crippen molar-refractivity contribution < 1.29 is 32.6 Å². The lowest BCUT2D eigenvalue weighted by Crippen LogP contribution is -2.29. The second-order valence-corrected chi connectivity index (χ2v) is 8.66. The van der Waals surface area contributed by atoms with E-state index in [1.54, 1.807) is 48.5 Å². The van der Waals surface area contributed by atoms with Crippen LogP contribution in [0, 0.1) is 0 Å². The standard InChI is InChI=1S/C28H25F3N2O4/c1-4-37-22-15-7-18(8-16-22)25(34)23-24(17-5-11-20(12-6-17)32(2)3)33(27(36)26(23)35)21-13-9-19(10-14-21)28(29,30)31/h5-16,24,34H,4H2,1-3H3/b25-23+. The highest BCUT2D eigenvalue weighted by Crippen LogP contribution is 2.43. The van der Waals surface area contributed by atoms with E-state index in [0.29, 0.717) is 23.5 Å². The Balaban J connectivity index is 1.86. The second-order valence-electron chi connectivity index (χ2n) is 8.66. The predicted molar refractivity (Wildman–Crippen MR) is 135 cm³/mol. The number of carbonyl (C=O) groups excluding carboxylic acids is 2. The Bertz CT molecular complexity index is 1330. The summed E-state index contributed by atoms with van der Waals surface area (Å²) in [5.74, 6) is -1.71. The molecule has 192 valence electrons. The molecule has 1 N–H and O–H groups in total. The van der Waals surface area contributed by atoms with Crippen LogP contribution in [0.1, 0.15) is 29.7 Å². The van der Waals surface area contributed by atoms with Crippen molar-refractivity contribution in [2.75, 3.05) is 30.5 Å². The maximum absolute atomic E-state index is 13.2. The molecule has 1 amide bonds. The number of ketones is 1. The molecule has 0 bridgehead atoms. The number of hydrogen-bond acceptors (Lipinski definition) is 5. The van der Waals surface area contributed by atoms with Crippen LogP contribution in [0.3, 0.4) is 0 Å².